The van der Waals surface area contributed by atoms with E-state index in [-0.39, 0.29) is 20.4 Å². The Bertz CT molecular complexity index is 2470. The minimum absolute atomic E-state index is 0. The predicted octanol–water partition coefficient (Wildman–Crippen LogP) is 11.4. The molecule has 2 N–H and O–H groups in total. The maximum absolute atomic E-state index is 9.00. The summed E-state index contributed by atoms with van der Waals surface area (Å²) in [6, 6.07) is 19.1. The molecule has 8 aromatic rings. The molecule has 0 aliphatic heterocycles. The minimum atomic E-state index is -0.833. The van der Waals surface area contributed by atoms with Gasteiger partial charge >= 0.3 is 0 Å². The van der Waals surface area contributed by atoms with E-state index in [2.05, 4.69) is 56.0 Å². The first kappa shape index (κ1) is 43.2. The first-order valence-electron chi connectivity index (χ1n) is 14.5. The summed E-state index contributed by atoms with van der Waals surface area (Å²) in [6.45, 7) is 6.35. The molecule has 8 rings (SSSR count). The van der Waals surface area contributed by atoms with Crippen LogP contribution in [0.1, 0.15) is 25.0 Å². The smallest absolute Gasteiger partial charge is 0.300 e. The van der Waals surface area contributed by atoms with Crippen LogP contribution in [-0.4, -0.2) is 51.3 Å². The van der Waals surface area contributed by atoms with E-state index in [4.69, 9.17) is 66.2 Å². The Hall–Kier alpha value is -3.16. The van der Waals surface area contributed by atoms with Crippen molar-refractivity contribution in [3.63, 3.8) is 0 Å². The Morgan fingerprint density at radius 1 is 0.731 bits per heavy atom. The molecule has 6 heterocycles. The standard InChI is InChI=1S/C15H9Cl2N3S.C9H6BrClS.C6H4ClN3.2C2H4O2.Pd/c1-8-10-6-9(16)2-3-12(10)21-15(8)11-7-18-14-5-4-13(17)19-20(11)14;1-5-7-4-6(11)2-3-8(7)12-9(5)10;7-5-1-2-6-8-3-4-10(6)9-5;2*1-2(3)4;/h2-7H,1H3;2-4H,1H3;1-4H;2*1H3,(H,3,4);. The topological polar surface area (TPSA) is 135 Å². The number of imidazole rings is 2. The Balaban J connectivity index is 0.000000201. The molecular weight excluding hydrogens is 949 g/mol. The van der Waals surface area contributed by atoms with Gasteiger partial charge in [-0.15, -0.1) is 22.7 Å². The molecule has 0 saturated heterocycles. The van der Waals surface area contributed by atoms with Gasteiger partial charge < -0.3 is 10.2 Å². The van der Waals surface area contributed by atoms with E-state index < -0.39 is 11.9 Å². The third-order valence-electron chi connectivity index (χ3n) is 6.52. The molecule has 18 heteroatoms. The number of fused-ring (bicyclic) bond motifs is 4. The molecule has 0 aliphatic carbocycles. The first-order chi connectivity index (χ1) is 24.1. The molecule has 52 heavy (non-hydrogen) atoms. The van der Waals surface area contributed by atoms with Gasteiger partial charge in [-0.25, -0.2) is 19.0 Å². The van der Waals surface area contributed by atoms with E-state index in [1.807, 2.05) is 48.7 Å². The summed E-state index contributed by atoms with van der Waals surface area (Å²) in [4.78, 5) is 27.5. The van der Waals surface area contributed by atoms with Gasteiger partial charge in [-0.3, -0.25) is 9.59 Å². The maximum atomic E-state index is 9.00. The van der Waals surface area contributed by atoms with Gasteiger partial charge in [0.05, 0.1) is 14.9 Å². The number of nitrogens with zero attached hydrogens (tertiary/aromatic N) is 6. The number of aromatic nitrogens is 6. The van der Waals surface area contributed by atoms with E-state index in [0.717, 1.165) is 45.8 Å². The van der Waals surface area contributed by atoms with Crippen molar-refractivity contribution in [3.05, 3.63) is 115 Å². The molecule has 0 atom stereocenters. The number of carbonyl (C=O) groups is 2. The molecule has 0 bridgehead atoms. The third-order valence-corrected chi connectivity index (χ3v) is 10.8. The Labute approximate surface area is 347 Å². The van der Waals surface area contributed by atoms with Crippen LogP contribution in [0.2, 0.25) is 20.4 Å². The van der Waals surface area contributed by atoms with Crippen molar-refractivity contribution < 1.29 is 40.2 Å². The zero-order valence-corrected chi connectivity index (χ0v) is 35.2. The molecule has 0 aliphatic rings. The van der Waals surface area contributed by atoms with Gasteiger partial charge in [-0.05, 0) is 112 Å². The number of aliphatic carboxylic acids is 2. The summed E-state index contributed by atoms with van der Waals surface area (Å²) in [5, 5.41) is 28.0. The van der Waals surface area contributed by atoms with Crippen LogP contribution in [0, 0.1) is 13.8 Å². The summed E-state index contributed by atoms with van der Waals surface area (Å²) >= 11 is 30.6. The third kappa shape index (κ3) is 11.7. The van der Waals surface area contributed by atoms with Crippen molar-refractivity contribution in [1.82, 2.24) is 29.2 Å². The second-order valence-corrected chi connectivity index (χ2v) is 15.4. The van der Waals surface area contributed by atoms with Crippen molar-refractivity contribution in [2.24, 2.45) is 0 Å². The molecule has 274 valence electrons. The van der Waals surface area contributed by atoms with Gasteiger partial charge in [0.15, 0.2) is 11.3 Å². The first-order valence-corrected chi connectivity index (χ1v) is 18.5. The fourth-order valence-electron chi connectivity index (χ4n) is 4.40. The molecular formula is C34H27BrCl4N6O4PdS2. The second kappa shape index (κ2) is 19.8. The molecule has 0 radical (unpaired) electrons. The summed E-state index contributed by atoms with van der Waals surface area (Å²) in [5.74, 6) is -1.67. The number of carboxylic acid groups (broad SMARTS) is 2. The van der Waals surface area contributed by atoms with Crippen molar-refractivity contribution in [2.45, 2.75) is 27.7 Å². The molecule has 0 saturated carbocycles. The van der Waals surface area contributed by atoms with Crippen LogP contribution in [0.3, 0.4) is 0 Å². The van der Waals surface area contributed by atoms with Crippen LogP contribution in [0.25, 0.3) is 42.0 Å². The van der Waals surface area contributed by atoms with Gasteiger partial charge in [0.2, 0.25) is 0 Å². The quantitative estimate of drug-likeness (QED) is 0.155. The zero-order chi connectivity index (χ0) is 37.4. The SMILES string of the molecule is CC(=O)O.CC(=O)O.Cc1c(-c2cnc3ccc(Cl)nn23)sc2ccc(Cl)cc12.Cc1c(Br)sc2ccc(Cl)cc12.Clc1ccc2nccn2n1.[Pd]. The Morgan fingerprint density at radius 2 is 1.25 bits per heavy atom. The van der Waals surface area contributed by atoms with Gasteiger partial charge in [-0.2, -0.15) is 10.2 Å². The van der Waals surface area contributed by atoms with Crippen LogP contribution in [0.15, 0.2) is 83.0 Å². The van der Waals surface area contributed by atoms with Crippen molar-refractivity contribution in [1.29, 1.82) is 0 Å². The van der Waals surface area contributed by atoms with E-state index in [1.54, 1.807) is 56.2 Å². The van der Waals surface area contributed by atoms with Crippen LogP contribution in [0.5, 0.6) is 0 Å². The van der Waals surface area contributed by atoms with E-state index in [9.17, 15) is 0 Å². The van der Waals surface area contributed by atoms with E-state index >= 15 is 0 Å². The second-order valence-electron chi connectivity index (χ2n) is 10.3. The largest absolute Gasteiger partial charge is 0.481 e. The Morgan fingerprint density at radius 3 is 1.85 bits per heavy atom. The van der Waals surface area contributed by atoms with Gasteiger partial charge in [0.25, 0.3) is 11.9 Å². The fourth-order valence-corrected chi connectivity index (χ4v) is 7.86. The van der Waals surface area contributed by atoms with Gasteiger partial charge in [0, 0.05) is 66.1 Å². The van der Waals surface area contributed by atoms with Crippen molar-refractivity contribution in [3.8, 4) is 10.6 Å². The normalized spacial score (nSPS) is 10.2. The van der Waals surface area contributed by atoms with Crippen LogP contribution in [0.4, 0.5) is 0 Å². The van der Waals surface area contributed by atoms with Gasteiger partial charge in [0.1, 0.15) is 16.0 Å². The van der Waals surface area contributed by atoms with Gasteiger partial charge in [-0.1, -0.05) is 46.4 Å². The molecule has 0 amide bonds. The number of thiophene rings is 2. The van der Waals surface area contributed by atoms with E-state index in [0.29, 0.717) is 10.3 Å². The molecule has 2 aromatic carbocycles. The molecule has 0 fully saturated rings. The molecule has 0 unspecified atom stereocenters. The summed E-state index contributed by atoms with van der Waals surface area (Å²) in [6.07, 6.45) is 5.26. The molecule has 0 spiro atoms. The zero-order valence-electron chi connectivity index (χ0n) is 27.4. The number of hydrogen-bond acceptors (Lipinski definition) is 8. The summed E-state index contributed by atoms with van der Waals surface area (Å²) in [7, 11) is 0. The molecule has 6 aromatic heterocycles. The number of hydrogen-bond donors (Lipinski definition) is 2. The number of halogens is 5. The maximum Gasteiger partial charge on any atom is 0.300 e. The number of rotatable bonds is 1. The minimum Gasteiger partial charge on any atom is -0.481 e. The predicted molar refractivity (Wildman–Crippen MR) is 212 cm³/mol. The fraction of sp³-hybridized carbons (Fsp3) is 0.118. The number of carboxylic acids is 2. The van der Waals surface area contributed by atoms with Crippen molar-refractivity contribution in [2.75, 3.05) is 0 Å². The van der Waals surface area contributed by atoms with Crippen LogP contribution < -0.4 is 0 Å². The summed E-state index contributed by atoms with van der Waals surface area (Å²) < 4.78 is 7.08. The number of benzene rings is 2. The average Bonchev–Trinajstić information content (AvgIpc) is 3.83. The van der Waals surface area contributed by atoms with Crippen LogP contribution in [-0.2, 0) is 30.0 Å². The summed E-state index contributed by atoms with van der Waals surface area (Å²) in [5.41, 5.74) is 4.99. The van der Waals surface area contributed by atoms with Crippen LogP contribution >= 0.6 is 85.0 Å². The van der Waals surface area contributed by atoms with E-state index in [1.165, 1.54) is 35.1 Å². The monoisotopic (exact) mass is 972 g/mol. The Kier molecular flexibility index (Phi) is 16.5. The average molecular weight is 976 g/mol. The van der Waals surface area contributed by atoms with Crippen molar-refractivity contribution >= 4 is 128 Å². The molecule has 10 nitrogen and oxygen atoms in total. The number of aryl methyl sites for hydroxylation is 2.